The molecule has 1 fully saturated rings. The fourth-order valence-corrected chi connectivity index (χ4v) is 2.52. The molecule has 0 unspecified atom stereocenters. The summed E-state index contributed by atoms with van der Waals surface area (Å²) in [6.45, 7) is 11.0. The molecule has 1 aliphatic rings. The van der Waals surface area contributed by atoms with E-state index in [1.54, 1.807) is 0 Å². The van der Waals surface area contributed by atoms with Gasteiger partial charge in [-0.3, -0.25) is 4.90 Å². The Morgan fingerprint density at radius 3 is 2.50 bits per heavy atom. The van der Waals surface area contributed by atoms with Crippen LogP contribution in [0.3, 0.4) is 0 Å². The van der Waals surface area contributed by atoms with Crippen LogP contribution in [0.2, 0.25) is 0 Å². The molecule has 0 radical (unpaired) electrons. The average Bonchev–Trinajstić information content (AvgIpc) is 2.76. The molecule has 94 valence electrons. The summed E-state index contributed by atoms with van der Waals surface area (Å²) in [6.07, 6.45) is 6.90. The van der Waals surface area contributed by atoms with Crippen LogP contribution < -0.4 is 0 Å². The van der Waals surface area contributed by atoms with Crippen LogP contribution in [0, 0.1) is 5.92 Å². The molecule has 1 aliphatic carbocycles. The summed E-state index contributed by atoms with van der Waals surface area (Å²) in [5, 5.41) is 0. The topological polar surface area (TPSA) is 3.24 Å². The van der Waals surface area contributed by atoms with Gasteiger partial charge in [0.25, 0.3) is 0 Å². The summed E-state index contributed by atoms with van der Waals surface area (Å²) in [4.78, 5) is 2.64. The third kappa shape index (κ3) is 4.92. The zero-order valence-electron chi connectivity index (χ0n) is 10.9. The van der Waals surface area contributed by atoms with Crippen molar-refractivity contribution in [2.75, 3.05) is 18.8 Å². The number of thiol groups is 1. The van der Waals surface area contributed by atoms with E-state index in [4.69, 9.17) is 0 Å². The van der Waals surface area contributed by atoms with Crippen molar-refractivity contribution in [2.45, 2.75) is 52.0 Å². The van der Waals surface area contributed by atoms with Crippen LogP contribution in [0.15, 0.2) is 12.2 Å². The summed E-state index contributed by atoms with van der Waals surface area (Å²) in [7, 11) is 0. The maximum atomic E-state index is 4.32. The smallest absolute Gasteiger partial charge is 0.0201 e. The lowest BCUT2D eigenvalue weighted by atomic mass is 10.1. The minimum Gasteiger partial charge on any atom is -0.296 e. The van der Waals surface area contributed by atoms with E-state index in [9.17, 15) is 0 Å². The van der Waals surface area contributed by atoms with E-state index in [1.165, 1.54) is 44.2 Å². The van der Waals surface area contributed by atoms with Gasteiger partial charge in [0.15, 0.2) is 0 Å². The summed E-state index contributed by atoms with van der Waals surface area (Å²) < 4.78 is 0. The van der Waals surface area contributed by atoms with Gasteiger partial charge in [0.2, 0.25) is 0 Å². The molecule has 0 N–H and O–H groups in total. The van der Waals surface area contributed by atoms with Crippen molar-refractivity contribution in [3.63, 3.8) is 0 Å². The molecule has 0 aliphatic heterocycles. The monoisotopic (exact) mass is 241 g/mol. The number of hydrogen-bond acceptors (Lipinski definition) is 2. The first-order valence-electron chi connectivity index (χ1n) is 6.65. The van der Waals surface area contributed by atoms with E-state index < -0.39 is 0 Å². The molecule has 16 heavy (non-hydrogen) atoms. The molecule has 0 amide bonds. The Morgan fingerprint density at radius 1 is 1.38 bits per heavy atom. The second-order valence-electron chi connectivity index (χ2n) is 5.50. The van der Waals surface area contributed by atoms with Crippen molar-refractivity contribution in [3.05, 3.63) is 12.2 Å². The average molecular weight is 241 g/mol. The van der Waals surface area contributed by atoms with E-state index in [2.05, 4.69) is 38.0 Å². The number of hydrogen-bond donors (Lipinski definition) is 1. The van der Waals surface area contributed by atoms with Crippen LogP contribution in [-0.4, -0.2) is 29.8 Å². The van der Waals surface area contributed by atoms with Gasteiger partial charge in [0, 0.05) is 18.3 Å². The molecule has 0 bridgehead atoms. The van der Waals surface area contributed by atoms with E-state index in [-0.39, 0.29) is 0 Å². The fraction of sp³-hybridized carbons (Fsp3) is 0.857. The van der Waals surface area contributed by atoms with Crippen LogP contribution in [0.1, 0.15) is 46.0 Å². The summed E-state index contributed by atoms with van der Waals surface area (Å²) in [5.41, 5.74) is 1.26. The molecule has 0 spiro atoms. The quantitative estimate of drug-likeness (QED) is 0.524. The van der Waals surface area contributed by atoms with Crippen LogP contribution in [0.5, 0.6) is 0 Å². The predicted octanol–water partition coefficient (Wildman–Crippen LogP) is 3.76. The Hall–Kier alpha value is 0.0500. The van der Waals surface area contributed by atoms with Crippen LogP contribution in [0.4, 0.5) is 0 Å². The van der Waals surface area contributed by atoms with Gasteiger partial charge in [-0.05, 0) is 31.7 Å². The van der Waals surface area contributed by atoms with Crippen LogP contribution in [0.25, 0.3) is 0 Å². The SMILES string of the molecule is C=C(CS)CN(CCC(C)C)C1CCCC1. The summed E-state index contributed by atoms with van der Waals surface area (Å²) in [5.74, 6) is 1.62. The third-order valence-corrected chi connectivity index (χ3v) is 3.93. The zero-order valence-corrected chi connectivity index (χ0v) is 11.8. The molecule has 0 aromatic rings. The lowest BCUT2D eigenvalue weighted by molar-refractivity contribution is 0.204. The van der Waals surface area contributed by atoms with Crippen molar-refractivity contribution in [1.29, 1.82) is 0 Å². The first-order valence-corrected chi connectivity index (χ1v) is 7.28. The summed E-state index contributed by atoms with van der Waals surface area (Å²) >= 11 is 4.32. The van der Waals surface area contributed by atoms with E-state index >= 15 is 0 Å². The maximum absolute atomic E-state index is 4.32. The Bertz CT molecular complexity index is 207. The van der Waals surface area contributed by atoms with Gasteiger partial charge in [-0.25, -0.2) is 0 Å². The molecular weight excluding hydrogens is 214 g/mol. The van der Waals surface area contributed by atoms with Crippen molar-refractivity contribution >= 4 is 12.6 Å². The first-order chi connectivity index (χ1) is 7.63. The van der Waals surface area contributed by atoms with Gasteiger partial charge < -0.3 is 0 Å². The first kappa shape index (κ1) is 14.1. The standard InChI is InChI=1S/C14H27NS/c1-12(2)8-9-15(10-13(3)11-16)14-6-4-5-7-14/h12,14,16H,3-11H2,1-2H3. The molecule has 0 aromatic heterocycles. The van der Waals surface area contributed by atoms with Crippen molar-refractivity contribution in [2.24, 2.45) is 5.92 Å². The lowest BCUT2D eigenvalue weighted by Gasteiger charge is -2.30. The molecule has 1 rings (SSSR count). The molecule has 1 saturated carbocycles. The molecule has 0 atom stereocenters. The minimum atomic E-state index is 0.799. The zero-order chi connectivity index (χ0) is 12.0. The van der Waals surface area contributed by atoms with Gasteiger partial charge >= 0.3 is 0 Å². The van der Waals surface area contributed by atoms with Gasteiger partial charge in [0.1, 0.15) is 0 Å². The molecule has 0 saturated heterocycles. The molecular formula is C14H27NS. The number of nitrogens with zero attached hydrogens (tertiary/aromatic N) is 1. The van der Waals surface area contributed by atoms with E-state index in [1.807, 2.05) is 0 Å². The lowest BCUT2D eigenvalue weighted by Crippen LogP contribution is -2.36. The predicted molar refractivity (Wildman–Crippen MR) is 76.3 cm³/mol. The maximum Gasteiger partial charge on any atom is 0.0201 e. The summed E-state index contributed by atoms with van der Waals surface area (Å²) in [6, 6.07) is 0.815. The van der Waals surface area contributed by atoms with Crippen molar-refractivity contribution < 1.29 is 0 Å². The Labute approximate surface area is 107 Å². The second-order valence-corrected chi connectivity index (χ2v) is 5.82. The Kier molecular flexibility index (Phi) is 6.52. The highest BCUT2D eigenvalue weighted by Crippen LogP contribution is 2.24. The fourth-order valence-electron chi connectivity index (χ4n) is 2.42. The van der Waals surface area contributed by atoms with Crippen molar-refractivity contribution in [3.8, 4) is 0 Å². The van der Waals surface area contributed by atoms with Crippen LogP contribution in [-0.2, 0) is 0 Å². The normalized spacial score (nSPS) is 17.6. The number of rotatable bonds is 7. The third-order valence-electron chi connectivity index (χ3n) is 3.49. The highest BCUT2D eigenvalue weighted by molar-refractivity contribution is 7.80. The van der Waals surface area contributed by atoms with Gasteiger partial charge in [-0.2, -0.15) is 12.6 Å². The minimum absolute atomic E-state index is 0.799. The molecule has 1 nitrogen and oxygen atoms in total. The van der Waals surface area contributed by atoms with Gasteiger partial charge in [-0.1, -0.05) is 38.8 Å². The second kappa shape index (κ2) is 7.39. The highest BCUT2D eigenvalue weighted by atomic mass is 32.1. The molecule has 0 heterocycles. The Morgan fingerprint density at radius 2 is 2.00 bits per heavy atom. The van der Waals surface area contributed by atoms with Gasteiger partial charge in [-0.15, -0.1) is 0 Å². The highest BCUT2D eigenvalue weighted by Gasteiger charge is 2.22. The van der Waals surface area contributed by atoms with E-state index in [0.29, 0.717) is 0 Å². The van der Waals surface area contributed by atoms with Crippen LogP contribution >= 0.6 is 12.6 Å². The largest absolute Gasteiger partial charge is 0.296 e. The molecule has 2 heteroatoms. The van der Waals surface area contributed by atoms with E-state index in [0.717, 1.165) is 24.3 Å². The molecule has 0 aromatic carbocycles. The van der Waals surface area contributed by atoms with Crippen molar-refractivity contribution in [1.82, 2.24) is 4.90 Å². The van der Waals surface area contributed by atoms with Gasteiger partial charge in [0.05, 0.1) is 0 Å². The Balaban J connectivity index is 2.43.